The second-order valence-electron chi connectivity index (χ2n) is 1.64. The SMILES string of the molecule is Fc1nc(Cl)c(Cl)c(F)c1Cl. The molecule has 0 spiro atoms. The minimum atomic E-state index is -1.17. The van der Waals surface area contributed by atoms with Gasteiger partial charge in [0.2, 0.25) is 5.95 Å². The quantitative estimate of drug-likeness (QED) is 0.609. The van der Waals surface area contributed by atoms with Crippen molar-refractivity contribution in [2.45, 2.75) is 0 Å². The molecule has 0 fully saturated rings. The van der Waals surface area contributed by atoms with Gasteiger partial charge in [-0.3, -0.25) is 0 Å². The number of aromatic nitrogens is 1. The predicted molar refractivity (Wildman–Crippen MR) is 39.2 cm³/mol. The molecule has 1 heterocycles. The summed E-state index contributed by atoms with van der Waals surface area (Å²) in [6.45, 7) is 0. The summed E-state index contributed by atoms with van der Waals surface area (Å²) in [5.41, 5.74) is 0. The van der Waals surface area contributed by atoms with Crippen molar-refractivity contribution in [1.29, 1.82) is 0 Å². The second-order valence-corrected chi connectivity index (χ2v) is 2.75. The fourth-order valence-electron chi connectivity index (χ4n) is 0.462. The van der Waals surface area contributed by atoms with Gasteiger partial charge in [-0.2, -0.15) is 4.39 Å². The zero-order chi connectivity index (χ0) is 8.59. The molecule has 11 heavy (non-hydrogen) atoms. The van der Waals surface area contributed by atoms with E-state index < -0.39 is 27.0 Å². The van der Waals surface area contributed by atoms with E-state index in [4.69, 9.17) is 34.8 Å². The van der Waals surface area contributed by atoms with E-state index in [1.54, 1.807) is 0 Å². The van der Waals surface area contributed by atoms with Crippen molar-refractivity contribution in [3.63, 3.8) is 0 Å². The van der Waals surface area contributed by atoms with Crippen molar-refractivity contribution in [3.05, 3.63) is 27.0 Å². The summed E-state index contributed by atoms with van der Waals surface area (Å²) in [5, 5.41) is -1.66. The van der Waals surface area contributed by atoms with Gasteiger partial charge in [-0.1, -0.05) is 34.8 Å². The Morgan fingerprint density at radius 2 is 1.55 bits per heavy atom. The van der Waals surface area contributed by atoms with Crippen LogP contribution in [0.4, 0.5) is 8.78 Å². The molecular weight excluding hydrogens is 218 g/mol. The first kappa shape index (κ1) is 8.97. The smallest absolute Gasteiger partial charge is 0.205 e. The highest BCUT2D eigenvalue weighted by atomic mass is 35.5. The lowest BCUT2D eigenvalue weighted by atomic mass is 10.4. The maximum Gasteiger partial charge on any atom is 0.236 e. The molecule has 0 saturated heterocycles. The molecule has 60 valence electrons. The monoisotopic (exact) mass is 217 g/mol. The first-order valence-electron chi connectivity index (χ1n) is 2.39. The molecule has 0 aromatic carbocycles. The molecule has 0 aliphatic heterocycles. The first-order chi connectivity index (χ1) is 5.04. The maximum absolute atomic E-state index is 12.6. The Balaban J connectivity index is 3.46. The van der Waals surface area contributed by atoms with Gasteiger partial charge in [0.25, 0.3) is 0 Å². The molecule has 0 aliphatic rings. The summed E-state index contributed by atoms with van der Waals surface area (Å²) < 4.78 is 25.0. The number of pyridine rings is 1. The molecule has 6 heteroatoms. The topological polar surface area (TPSA) is 12.9 Å². The van der Waals surface area contributed by atoms with Crippen LogP contribution in [0.25, 0.3) is 0 Å². The Morgan fingerprint density at radius 1 is 1.00 bits per heavy atom. The number of hydrogen-bond donors (Lipinski definition) is 0. The van der Waals surface area contributed by atoms with Crippen LogP contribution in [0.2, 0.25) is 15.2 Å². The summed E-state index contributed by atoms with van der Waals surface area (Å²) in [7, 11) is 0. The van der Waals surface area contributed by atoms with Crippen molar-refractivity contribution in [2.75, 3.05) is 0 Å². The van der Waals surface area contributed by atoms with E-state index in [-0.39, 0.29) is 0 Å². The van der Waals surface area contributed by atoms with E-state index in [2.05, 4.69) is 4.98 Å². The van der Waals surface area contributed by atoms with E-state index in [9.17, 15) is 8.78 Å². The van der Waals surface area contributed by atoms with Gasteiger partial charge in [-0.25, -0.2) is 9.37 Å². The Labute approximate surface area is 75.9 Å². The number of nitrogens with zero attached hydrogens (tertiary/aromatic N) is 1. The van der Waals surface area contributed by atoms with E-state index in [1.165, 1.54) is 0 Å². The highest BCUT2D eigenvalue weighted by Gasteiger charge is 2.15. The van der Waals surface area contributed by atoms with Crippen LogP contribution in [0.5, 0.6) is 0 Å². The second kappa shape index (κ2) is 3.09. The number of rotatable bonds is 0. The Bertz CT molecular complexity index is 276. The fourth-order valence-corrected chi connectivity index (χ4v) is 0.941. The van der Waals surface area contributed by atoms with E-state index in [0.29, 0.717) is 0 Å². The molecule has 0 aliphatic carbocycles. The molecular formula is C5Cl3F2N. The minimum absolute atomic E-state index is 0.439. The van der Waals surface area contributed by atoms with Gasteiger partial charge in [0.05, 0.1) is 0 Å². The largest absolute Gasteiger partial charge is 0.236 e. The average Bonchev–Trinajstić information content (AvgIpc) is 1.97. The first-order valence-corrected chi connectivity index (χ1v) is 3.53. The van der Waals surface area contributed by atoms with Crippen LogP contribution >= 0.6 is 34.8 Å². The van der Waals surface area contributed by atoms with Gasteiger partial charge in [0.15, 0.2) is 11.0 Å². The maximum atomic E-state index is 12.6. The highest BCUT2D eigenvalue weighted by Crippen LogP contribution is 2.29. The molecule has 0 amide bonds. The van der Waals surface area contributed by atoms with Crippen LogP contribution in [0.3, 0.4) is 0 Å². The van der Waals surface area contributed by atoms with Crippen LogP contribution in [-0.4, -0.2) is 4.98 Å². The molecule has 1 nitrogen and oxygen atoms in total. The Hall–Kier alpha value is -0.120. The van der Waals surface area contributed by atoms with Crippen LogP contribution in [0, 0.1) is 11.8 Å². The van der Waals surface area contributed by atoms with Gasteiger partial charge in [-0.15, -0.1) is 0 Å². The van der Waals surface area contributed by atoms with Crippen LogP contribution < -0.4 is 0 Å². The Morgan fingerprint density at radius 3 is 2.09 bits per heavy atom. The molecule has 1 aromatic rings. The molecule has 1 rings (SSSR count). The van der Waals surface area contributed by atoms with Crippen LogP contribution in [0.15, 0.2) is 0 Å². The minimum Gasteiger partial charge on any atom is -0.205 e. The third-order valence-electron chi connectivity index (χ3n) is 0.944. The molecule has 1 aromatic heterocycles. The third-order valence-corrected chi connectivity index (χ3v) is 1.98. The highest BCUT2D eigenvalue weighted by molar-refractivity contribution is 6.42. The fraction of sp³-hybridized carbons (Fsp3) is 0. The lowest BCUT2D eigenvalue weighted by Crippen LogP contribution is -1.91. The summed E-state index contributed by atoms with van der Waals surface area (Å²) in [4.78, 5) is 3.03. The summed E-state index contributed by atoms with van der Waals surface area (Å²) in [5.74, 6) is -2.26. The number of hydrogen-bond acceptors (Lipinski definition) is 1. The zero-order valence-electron chi connectivity index (χ0n) is 4.84. The molecule has 0 atom stereocenters. The van der Waals surface area contributed by atoms with E-state index in [1.807, 2.05) is 0 Å². The van der Waals surface area contributed by atoms with Crippen molar-refractivity contribution < 1.29 is 8.78 Å². The van der Waals surface area contributed by atoms with Gasteiger partial charge < -0.3 is 0 Å². The van der Waals surface area contributed by atoms with Crippen molar-refractivity contribution in [3.8, 4) is 0 Å². The Kier molecular flexibility index (Phi) is 2.52. The summed E-state index contributed by atoms with van der Waals surface area (Å²) in [6.07, 6.45) is 0. The number of halogens is 5. The summed E-state index contributed by atoms with van der Waals surface area (Å²) in [6, 6.07) is 0. The van der Waals surface area contributed by atoms with E-state index >= 15 is 0 Å². The standard InChI is InChI=1S/C5Cl3F2N/c6-1-3(9)2(7)5(10)11-4(1)8. The van der Waals surface area contributed by atoms with Gasteiger partial charge in [-0.05, 0) is 0 Å². The molecule has 0 unspecified atom stereocenters. The van der Waals surface area contributed by atoms with Gasteiger partial charge >= 0.3 is 0 Å². The molecule has 0 bridgehead atoms. The van der Waals surface area contributed by atoms with Crippen molar-refractivity contribution in [1.82, 2.24) is 4.98 Å². The molecule has 0 radical (unpaired) electrons. The van der Waals surface area contributed by atoms with Crippen LogP contribution in [0.1, 0.15) is 0 Å². The summed E-state index contributed by atoms with van der Waals surface area (Å²) >= 11 is 15.5. The molecule has 0 saturated carbocycles. The van der Waals surface area contributed by atoms with Crippen LogP contribution in [-0.2, 0) is 0 Å². The lowest BCUT2D eigenvalue weighted by molar-refractivity contribution is 0.553. The normalized spacial score (nSPS) is 10.3. The zero-order valence-corrected chi connectivity index (χ0v) is 7.10. The molecule has 0 N–H and O–H groups in total. The lowest BCUT2D eigenvalue weighted by Gasteiger charge is -1.98. The van der Waals surface area contributed by atoms with E-state index in [0.717, 1.165) is 0 Å². The average molecular weight is 218 g/mol. The predicted octanol–water partition coefficient (Wildman–Crippen LogP) is 3.32. The van der Waals surface area contributed by atoms with Crippen molar-refractivity contribution >= 4 is 34.8 Å². The van der Waals surface area contributed by atoms with Crippen molar-refractivity contribution in [2.24, 2.45) is 0 Å². The third kappa shape index (κ3) is 1.55. The van der Waals surface area contributed by atoms with Gasteiger partial charge in [0.1, 0.15) is 10.0 Å². The van der Waals surface area contributed by atoms with Gasteiger partial charge in [0, 0.05) is 0 Å².